The van der Waals surface area contributed by atoms with E-state index in [0.717, 1.165) is 0 Å². The SMILES string of the molecule is CCCCCCCCC(c1ccccc1)c1cncnc1. The molecule has 0 aliphatic rings. The first-order valence-corrected chi connectivity index (χ1v) is 8.21. The van der Waals surface area contributed by atoms with E-state index in [0.29, 0.717) is 5.92 Å². The largest absolute Gasteiger partial charge is 0.245 e. The Labute approximate surface area is 128 Å². The number of unbranched alkanes of at least 4 members (excludes halogenated alkanes) is 5. The predicted molar refractivity (Wildman–Crippen MR) is 88.3 cm³/mol. The van der Waals surface area contributed by atoms with Crippen LogP contribution in [-0.2, 0) is 0 Å². The Kier molecular flexibility index (Phi) is 6.93. The van der Waals surface area contributed by atoms with Crippen LogP contribution >= 0.6 is 0 Å². The normalized spacial score (nSPS) is 12.2. The monoisotopic (exact) mass is 282 g/mol. The van der Waals surface area contributed by atoms with Crippen molar-refractivity contribution in [1.29, 1.82) is 0 Å². The van der Waals surface area contributed by atoms with Gasteiger partial charge in [0.15, 0.2) is 0 Å². The molecule has 1 unspecified atom stereocenters. The van der Waals surface area contributed by atoms with E-state index < -0.39 is 0 Å². The second-order valence-electron chi connectivity index (χ2n) is 5.69. The standard InChI is InChI=1S/C19H26N2/c1-2-3-4-5-6-10-13-19(17-11-8-7-9-12-17)18-14-20-16-21-15-18/h7-9,11-12,14-16,19H,2-6,10,13H2,1H3. The van der Waals surface area contributed by atoms with Crippen LogP contribution in [0.3, 0.4) is 0 Å². The maximum atomic E-state index is 4.19. The third-order valence-electron chi connectivity index (χ3n) is 4.03. The van der Waals surface area contributed by atoms with E-state index in [4.69, 9.17) is 0 Å². The van der Waals surface area contributed by atoms with Gasteiger partial charge in [-0.1, -0.05) is 75.8 Å². The zero-order valence-corrected chi connectivity index (χ0v) is 13.0. The zero-order valence-electron chi connectivity index (χ0n) is 13.0. The molecular formula is C19H26N2. The molecular weight excluding hydrogens is 256 g/mol. The molecule has 1 aromatic heterocycles. The van der Waals surface area contributed by atoms with Crippen LogP contribution in [0.2, 0.25) is 0 Å². The van der Waals surface area contributed by atoms with Gasteiger partial charge in [0.2, 0.25) is 0 Å². The minimum atomic E-state index is 0.429. The van der Waals surface area contributed by atoms with E-state index in [-0.39, 0.29) is 0 Å². The molecule has 0 radical (unpaired) electrons. The number of aromatic nitrogens is 2. The fraction of sp³-hybridized carbons (Fsp3) is 0.474. The van der Waals surface area contributed by atoms with Gasteiger partial charge in [-0.05, 0) is 17.5 Å². The third kappa shape index (κ3) is 5.30. The van der Waals surface area contributed by atoms with Crippen molar-refractivity contribution < 1.29 is 0 Å². The van der Waals surface area contributed by atoms with Crippen molar-refractivity contribution in [3.05, 3.63) is 60.2 Å². The molecule has 0 bridgehead atoms. The minimum Gasteiger partial charge on any atom is -0.245 e. The summed E-state index contributed by atoms with van der Waals surface area (Å²) < 4.78 is 0. The van der Waals surface area contributed by atoms with Crippen molar-refractivity contribution in [3.63, 3.8) is 0 Å². The lowest BCUT2D eigenvalue weighted by Gasteiger charge is -2.17. The molecule has 0 N–H and O–H groups in total. The number of benzene rings is 1. The molecule has 0 aliphatic heterocycles. The van der Waals surface area contributed by atoms with Gasteiger partial charge < -0.3 is 0 Å². The first kappa shape index (κ1) is 15.7. The summed E-state index contributed by atoms with van der Waals surface area (Å²) in [6, 6.07) is 10.7. The van der Waals surface area contributed by atoms with Gasteiger partial charge in [0.1, 0.15) is 6.33 Å². The molecule has 0 saturated carbocycles. The van der Waals surface area contributed by atoms with Crippen LogP contribution in [0.1, 0.15) is 68.9 Å². The lowest BCUT2D eigenvalue weighted by atomic mass is 9.88. The fourth-order valence-electron chi connectivity index (χ4n) is 2.83. The molecule has 1 atom stereocenters. The first-order valence-electron chi connectivity index (χ1n) is 8.21. The minimum absolute atomic E-state index is 0.429. The molecule has 0 amide bonds. The number of hydrogen-bond donors (Lipinski definition) is 0. The molecule has 0 fully saturated rings. The average molecular weight is 282 g/mol. The van der Waals surface area contributed by atoms with Crippen LogP contribution in [0.4, 0.5) is 0 Å². The summed E-state index contributed by atoms with van der Waals surface area (Å²) in [5, 5.41) is 0. The van der Waals surface area contributed by atoms with Crippen LogP contribution in [-0.4, -0.2) is 9.97 Å². The van der Waals surface area contributed by atoms with Crippen LogP contribution in [0.25, 0.3) is 0 Å². The van der Waals surface area contributed by atoms with Crippen molar-refractivity contribution in [2.45, 2.75) is 57.8 Å². The Morgan fingerprint density at radius 3 is 2.19 bits per heavy atom. The van der Waals surface area contributed by atoms with Crippen molar-refractivity contribution in [2.75, 3.05) is 0 Å². The molecule has 2 rings (SSSR count). The summed E-state index contributed by atoms with van der Waals surface area (Å²) in [6.45, 7) is 2.26. The highest BCUT2D eigenvalue weighted by atomic mass is 14.8. The summed E-state index contributed by atoms with van der Waals surface area (Å²) in [4.78, 5) is 8.38. The van der Waals surface area contributed by atoms with Crippen molar-refractivity contribution in [2.24, 2.45) is 0 Å². The van der Waals surface area contributed by atoms with E-state index in [1.165, 1.54) is 56.1 Å². The molecule has 21 heavy (non-hydrogen) atoms. The number of rotatable bonds is 9. The molecule has 0 aliphatic carbocycles. The lowest BCUT2D eigenvalue weighted by molar-refractivity contribution is 0.567. The van der Waals surface area contributed by atoms with Crippen LogP contribution < -0.4 is 0 Å². The van der Waals surface area contributed by atoms with Gasteiger partial charge in [-0.3, -0.25) is 0 Å². The molecule has 112 valence electrons. The molecule has 2 nitrogen and oxygen atoms in total. The predicted octanol–water partition coefficient (Wildman–Crippen LogP) is 5.36. The van der Waals surface area contributed by atoms with Crippen LogP contribution in [0.5, 0.6) is 0 Å². The Balaban J connectivity index is 1.94. The van der Waals surface area contributed by atoms with Gasteiger partial charge in [-0.15, -0.1) is 0 Å². The quantitative estimate of drug-likeness (QED) is 0.579. The van der Waals surface area contributed by atoms with Gasteiger partial charge in [-0.2, -0.15) is 0 Å². The molecule has 1 aromatic carbocycles. The molecule has 0 spiro atoms. The van der Waals surface area contributed by atoms with E-state index in [9.17, 15) is 0 Å². The summed E-state index contributed by atoms with van der Waals surface area (Å²) in [6.07, 6.45) is 14.7. The van der Waals surface area contributed by atoms with E-state index in [2.05, 4.69) is 47.2 Å². The highest BCUT2D eigenvalue weighted by molar-refractivity contribution is 5.29. The Morgan fingerprint density at radius 2 is 1.48 bits per heavy atom. The van der Waals surface area contributed by atoms with Gasteiger partial charge in [-0.25, -0.2) is 9.97 Å². The highest BCUT2D eigenvalue weighted by Gasteiger charge is 2.14. The van der Waals surface area contributed by atoms with Gasteiger partial charge in [0.05, 0.1) is 0 Å². The number of nitrogens with zero attached hydrogens (tertiary/aromatic N) is 2. The zero-order chi connectivity index (χ0) is 14.8. The van der Waals surface area contributed by atoms with Gasteiger partial charge >= 0.3 is 0 Å². The molecule has 2 aromatic rings. The Hall–Kier alpha value is -1.70. The lowest BCUT2D eigenvalue weighted by Crippen LogP contribution is -2.02. The maximum absolute atomic E-state index is 4.19. The summed E-state index contributed by atoms with van der Waals surface area (Å²) in [7, 11) is 0. The fourth-order valence-corrected chi connectivity index (χ4v) is 2.83. The summed E-state index contributed by atoms with van der Waals surface area (Å²) in [5.41, 5.74) is 2.61. The van der Waals surface area contributed by atoms with Crippen molar-refractivity contribution in [1.82, 2.24) is 9.97 Å². The average Bonchev–Trinajstić information content (AvgIpc) is 2.56. The van der Waals surface area contributed by atoms with E-state index in [1.54, 1.807) is 6.33 Å². The van der Waals surface area contributed by atoms with E-state index >= 15 is 0 Å². The second kappa shape index (κ2) is 9.28. The summed E-state index contributed by atoms with van der Waals surface area (Å²) >= 11 is 0. The summed E-state index contributed by atoms with van der Waals surface area (Å²) in [5.74, 6) is 0.429. The highest BCUT2D eigenvalue weighted by Crippen LogP contribution is 2.29. The topological polar surface area (TPSA) is 25.8 Å². The smallest absolute Gasteiger partial charge is 0.115 e. The van der Waals surface area contributed by atoms with Gasteiger partial charge in [0, 0.05) is 18.3 Å². The Morgan fingerprint density at radius 1 is 0.810 bits per heavy atom. The number of hydrogen-bond acceptors (Lipinski definition) is 2. The van der Waals surface area contributed by atoms with Gasteiger partial charge in [0.25, 0.3) is 0 Å². The third-order valence-corrected chi connectivity index (χ3v) is 4.03. The molecule has 0 saturated heterocycles. The maximum Gasteiger partial charge on any atom is 0.115 e. The van der Waals surface area contributed by atoms with Crippen molar-refractivity contribution in [3.8, 4) is 0 Å². The first-order chi connectivity index (χ1) is 10.4. The van der Waals surface area contributed by atoms with Crippen molar-refractivity contribution >= 4 is 0 Å². The van der Waals surface area contributed by atoms with Crippen LogP contribution in [0, 0.1) is 0 Å². The second-order valence-corrected chi connectivity index (χ2v) is 5.69. The Bertz CT molecular complexity index is 442. The molecule has 1 heterocycles. The van der Waals surface area contributed by atoms with Crippen LogP contribution in [0.15, 0.2) is 49.1 Å². The van der Waals surface area contributed by atoms with E-state index in [1.807, 2.05) is 12.4 Å². The molecule has 2 heteroatoms.